The molecule has 3 aromatic carbocycles. The summed E-state index contributed by atoms with van der Waals surface area (Å²) in [7, 11) is 1.65. The van der Waals surface area contributed by atoms with Crippen molar-refractivity contribution in [2.45, 2.75) is 19.7 Å². The van der Waals surface area contributed by atoms with Crippen molar-refractivity contribution >= 4 is 11.6 Å². The Morgan fingerprint density at radius 2 is 1.50 bits per heavy atom. The lowest BCUT2D eigenvalue weighted by atomic mass is 10.1. The van der Waals surface area contributed by atoms with Gasteiger partial charge in [-0.05, 0) is 53.1 Å². The standard InChI is InChI=1S/C23H22ClNO4.ClH/c1-26-22-10-17(4-8-20(22)27-14-16-2-6-19(24)7-3-16)12-25-13-18-5-9-21-23(11-18)29-15-28-21;/h2-11,25H,12-15H2,1H3;1H/p-1. The molecule has 5 nitrogen and oxygen atoms in total. The van der Waals surface area contributed by atoms with Gasteiger partial charge in [0.25, 0.3) is 0 Å². The molecule has 0 radical (unpaired) electrons. The monoisotopic (exact) mass is 446 g/mol. The number of halogens is 2. The molecular weight excluding hydrogens is 425 g/mol. The molecule has 0 aromatic heterocycles. The van der Waals surface area contributed by atoms with Gasteiger partial charge in [0.1, 0.15) is 6.61 Å². The van der Waals surface area contributed by atoms with Crippen molar-refractivity contribution < 1.29 is 31.4 Å². The summed E-state index contributed by atoms with van der Waals surface area (Å²) in [4.78, 5) is 0. The van der Waals surface area contributed by atoms with Gasteiger partial charge in [0.05, 0.1) is 7.11 Å². The van der Waals surface area contributed by atoms with Crippen LogP contribution in [0.3, 0.4) is 0 Å². The molecule has 3 aromatic rings. The summed E-state index contributed by atoms with van der Waals surface area (Å²) in [5.74, 6) is 3.02. The van der Waals surface area contributed by atoms with Crippen LogP contribution in [0.1, 0.15) is 16.7 Å². The second kappa shape index (κ2) is 10.4. The van der Waals surface area contributed by atoms with Gasteiger partial charge >= 0.3 is 0 Å². The van der Waals surface area contributed by atoms with Gasteiger partial charge in [0.15, 0.2) is 23.0 Å². The fourth-order valence-electron chi connectivity index (χ4n) is 3.09. The zero-order valence-electron chi connectivity index (χ0n) is 16.5. The van der Waals surface area contributed by atoms with Crippen LogP contribution in [-0.4, -0.2) is 13.9 Å². The molecule has 0 amide bonds. The molecule has 0 atom stereocenters. The van der Waals surface area contributed by atoms with Crippen LogP contribution in [0.25, 0.3) is 0 Å². The van der Waals surface area contributed by atoms with Gasteiger partial charge in [-0.25, -0.2) is 0 Å². The Balaban J connectivity index is 0.00000256. The molecule has 1 heterocycles. The molecule has 0 bridgehead atoms. The maximum atomic E-state index is 5.92. The van der Waals surface area contributed by atoms with Gasteiger partial charge in [-0.2, -0.15) is 0 Å². The third-order valence-electron chi connectivity index (χ3n) is 4.63. The van der Waals surface area contributed by atoms with E-state index in [4.69, 9.17) is 30.5 Å². The van der Waals surface area contributed by atoms with Crippen LogP contribution >= 0.6 is 11.6 Å². The minimum absolute atomic E-state index is 0. The van der Waals surface area contributed by atoms with Crippen molar-refractivity contribution in [3.8, 4) is 23.0 Å². The van der Waals surface area contributed by atoms with Gasteiger partial charge in [-0.1, -0.05) is 35.9 Å². The second-order valence-corrected chi connectivity index (χ2v) is 7.13. The number of hydrogen-bond acceptors (Lipinski definition) is 5. The Bertz CT molecular complexity index is 979. The van der Waals surface area contributed by atoms with Crippen LogP contribution in [0.2, 0.25) is 5.02 Å². The topological polar surface area (TPSA) is 49.0 Å². The van der Waals surface area contributed by atoms with E-state index in [9.17, 15) is 0 Å². The van der Waals surface area contributed by atoms with Crippen LogP contribution in [0.4, 0.5) is 0 Å². The molecule has 0 spiro atoms. The van der Waals surface area contributed by atoms with Gasteiger partial charge in [-0.3, -0.25) is 0 Å². The van der Waals surface area contributed by atoms with E-state index < -0.39 is 0 Å². The fourth-order valence-corrected chi connectivity index (χ4v) is 3.21. The summed E-state index contributed by atoms with van der Waals surface area (Å²) < 4.78 is 22.2. The van der Waals surface area contributed by atoms with Gasteiger partial charge in [0, 0.05) is 18.1 Å². The Labute approximate surface area is 187 Å². The Kier molecular flexibility index (Phi) is 7.69. The van der Waals surface area contributed by atoms with E-state index in [2.05, 4.69) is 5.32 Å². The minimum atomic E-state index is 0. The molecule has 0 aliphatic carbocycles. The lowest BCUT2D eigenvalue weighted by Gasteiger charge is -2.13. The first kappa shape index (κ1) is 22.1. The fraction of sp³-hybridized carbons (Fsp3) is 0.217. The van der Waals surface area contributed by atoms with E-state index >= 15 is 0 Å². The third-order valence-corrected chi connectivity index (χ3v) is 4.88. The van der Waals surface area contributed by atoms with E-state index in [1.54, 1.807) is 7.11 Å². The van der Waals surface area contributed by atoms with E-state index in [0.29, 0.717) is 36.5 Å². The molecule has 30 heavy (non-hydrogen) atoms. The number of methoxy groups -OCH3 is 1. The highest BCUT2D eigenvalue weighted by Gasteiger charge is 2.13. The normalized spacial score (nSPS) is 11.7. The number of fused-ring (bicyclic) bond motifs is 1. The van der Waals surface area contributed by atoms with Crippen molar-refractivity contribution in [3.63, 3.8) is 0 Å². The lowest BCUT2D eigenvalue weighted by Crippen LogP contribution is -3.00. The number of rotatable bonds is 8. The Hall–Kier alpha value is -2.60. The number of benzene rings is 3. The van der Waals surface area contributed by atoms with E-state index in [1.807, 2.05) is 60.7 Å². The van der Waals surface area contributed by atoms with E-state index in [0.717, 1.165) is 34.7 Å². The summed E-state index contributed by atoms with van der Waals surface area (Å²) in [6.45, 7) is 2.18. The molecule has 1 aliphatic heterocycles. The number of ether oxygens (including phenoxy) is 4. The van der Waals surface area contributed by atoms with E-state index in [1.165, 1.54) is 0 Å². The molecule has 0 fully saturated rings. The first-order valence-electron chi connectivity index (χ1n) is 9.34. The zero-order chi connectivity index (χ0) is 20.1. The average Bonchev–Trinajstić information content (AvgIpc) is 3.22. The number of hydrogen-bond donors (Lipinski definition) is 1. The summed E-state index contributed by atoms with van der Waals surface area (Å²) >= 11 is 5.92. The first-order valence-corrected chi connectivity index (χ1v) is 9.72. The molecule has 1 aliphatic rings. The van der Waals surface area contributed by atoms with Gasteiger partial charge in [0.2, 0.25) is 6.79 Å². The molecule has 7 heteroatoms. The molecule has 0 saturated heterocycles. The van der Waals surface area contributed by atoms with Crippen LogP contribution in [0, 0.1) is 0 Å². The molecule has 0 unspecified atom stereocenters. The highest BCUT2D eigenvalue weighted by atomic mass is 35.5. The van der Waals surface area contributed by atoms with Crippen molar-refractivity contribution in [2.75, 3.05) is 13.9 Å². The predicted molar refractivity (Wildman–Crippen MR) is 112 cm³/mol. The maximum absolute atomic E-state index is 5.92. The first-order chi connectivity index (χ1) is 14.2. The minimum Gasteiger partial charge on any atom is -1.00 e. The molecule has 0 saturated carbocycles. The average molecular weight is 447 g/mol. The van der Waals surface area contributed by atoms with Crippen LogP contribution in [0.15, 0.2) is 60.7 Å². The second-order valence-electron chi connectivity index (χ2n) is 6.69. The quantitative estimate of drug-likeness (QED) is 0.572. The predicted octanol–water partition coefficient (Wildman–Crippen LogP) is 1.95. The van der Waals surface area contributed by atoms with Crippen molar-refractivity contribution in [2.24, 2.45) is 0 Å². The van der Waals surface area contributed by atoms with E-state index in [-0.39, 0.29) is 12.4 Å². The SMILES string of the molecule is COc1cc(CNCc2ccc3c(c2)OCO3)ccc1OCc1ccc(Cl)cc1.[Cl-]. The smallest absolute Gasteiger partial charge is 0.231 e. The summed E-state index contributed by atoms with van der Waals surface area (Å²) in [6, 6.07) is 19.5. The van der Waals surface area contributed by atoms with Crippen LogP contribution in [0.5, 0.6) is 23.0 Å². The van der Waals surface area contributed by atoms with Crippen LogP contribution in [-0.2, 0) is 19.7 Å². The zero-order valence-corrected chi connectivity index (χ0v) is 18.0. The Morgan fingerprint density at radius 3 is 2.27 bits per heavy atom. The highest BCUT2D eigenvalue weighted by molar-refractivity contribution is 6.30. The molecule has 1 N–H and O–H groups in total. The lowest BCUT2D eigenvalue weighted by molar-refractivity contribution is -0.00000786. The van der Waals surface area contributed by atoms with Crippen molar-refractivity contribution in [3.05, 3.63) is 82.4 Å². The summed E-state index contributed by atoms with van der Waals surface area (Å²) in [5.41, 5.74) is 3.30. The van der Waals surface area contributed by atoms with Crippen molar-refractivity contribution in [1.29, 1.82) is 0 Å². The van der Waals surface area contributed by atoms with Gasteiger partial charge in [-0.15, -0.1) is 0 Å². The summed E-state index contributed by atoms with van der Waals surface area (Å²) in [5, 5.41) is 4.15. The maximum Gasteiger partial charge on any atom is 0.231 e. The number of nitrogens with one attached hydrogen (secondary N) is 1. The molecular formula is C23H22Cl2NO4-. The van der Waals surface area contributed by atoms with Gasteiger partial charge < -0.3 is 36.7 Å². The molecule has 158 valence electrons. The third kappa shape index (κ3) is 5.51. The largest absolute Gasteiger partial charge is 1.00 e. The van der Waals surface area contributed by atoms with Crippen molar-refractivity contribution in [1.82, 2.24) is 5.32 Å². The Morgan fingerprint density at radius 1 is 0.833 bits per heavy atom. The summed E-state index contributed by atoms with van der Waals surface area (Å²) in [6.07, 6.45) is 0. The molecule has 4 rings (SSSR count). The van der Waals surface area contributed by atoms with Crippen LogP contribution < -0.4 is 36.7 Å². The highest BCUT2D eigenvalue weighted by Crippen LogP contribution is 2.32.